The molecule has 2 amide bonds. The zero-order valence-corrected chi connectivity index (χ0v) is 18.3. The predicted octanol–water partition coefficient (Wildman–Crippen LogP) is 0.210. The smallest absolute Gasteiger partial charge is 0.328 e. The number of ether oxygens (including phenoxy) is 1. The van der Waals surface area contributed by atoms with Crippen LogP contribution in [-0.4, -0.2) is 60.9 Å². The second-order valence-corrected chi connectivity index (χ2v) is 7.97. The van der Waals surface area contributed by atoms with Gasteiger partial charge in [0.05, 0.1) is 12.6 Å². The molecule has 162 valence electrons. The van der Waals surface area contributed by atoms with E-state index in [-0.39, 0.29) is 29.7 Å². The maximum atomic E-state index is 13.0. The molecule has 0 aromatic carbocycles. The molecule has 1 rings (SSSR count). The minimum atomic E-state index is -0.724. The Morgan fingerprint density at radius 1 is 1.18 bits per heavy atom. The van der Waals surface area contributed by atoms with Crippen molar-refractivity contribution in [2.24, 2.45) is 17.6 Å². The first kappa shape index (κ1) is 24.7. The molecule has 0 aliphatic carbocycles. The van der Waals surface area contributed by atoms with Crippen LogP contribution >= 0.6 is 12.6 Å². The van der Waals surface area contributed by atoms with Gasteiger partial charge in [-0.3, -0.25) is 9.59 Å². The number of nitrogens with one attached hydrogen (secondary N) is 3. The Morgan fingerprint density at radius 2 is 1.79 bits per heavy atom. The summed E-state index contributed by atoms with van der Waals surface area (Å²) in [5.74, 6) is -0.535. The van der Waals surface area contributed by atoms with Crippen molar-refractivity contribution in [3.8, 4) is 0 Å². The van der Waals surface area contributed by atoms with Crippen molar-refractivity contribution < 1.29 is 19.1 Å². The fraction of sp³-hybridized carbons (Fsp3) is 0.842. The van der Waals surface area contributed by atoms with E-state index in [2.05, 4.69) is 28.6 Å². The summed E-state index contributed by atoms with van der Waals surface area (Å²) >= 11 is 4.17. The van der Waals surface area contributed by atoms with Crippen molar-refractivity contribution in [1.82, 2.24) is 16.0 Å². The van der Waals surface area contributed by atoms with Crippen LogP contribution in [0.5, 0.6) is 0 Å². The highest BCUT2D eigenvalue weighted by molar-refractivity contribution is 7.80. The van der Waals surface area contributed by atoms with Crippen molar-refractivity contribution in [3.63, 3.8) is 0 Å². The van der Waals surface area contributed by atoms with Gasteiger partial charge >= 0.3 is 5.97 Å². The van der Waals surface area contributed by atoms with E-state index in [1.165, 1.54) is 0 Å². The number of thiol groups is 1. The number of esters is 1. The van der Waals surface area contributed by atoms with E-state index < -0.39 is 24.1 Å². The second-order valence-electron chi connectivity index (χ2n) is 7.60. The maximum absolute atomic E-state index is 13.0. The molecule has 0 unspecified atom stereocenters. The zero-order chi connectivity index (χ0) is 21.3. The average molecular weight is 417 g/mol. The van der Waals surface area contributed by atoms with E-state index >= 15 is 0 Å². The number of rotatable bonds is 12. The third-order valence-electron chi connectivity index (χ3n) is 5.37. The van der Waals surface area contributed by atoms with E-state index in [0.717, 1.165) is 6.42 Å². The standard InChI is InChI=1S/C19H36N4O4S/c1-5-11(3)15(21-9-13(20)10-28)17(24)23-16(12(4)6-2)18(25)22-14-7-8-27-19(14)26/h11-16,21,28H,5-10,20H2,1-4H3,(H,22,25)(H,23,24)/t11-,12-,13+,14-,15-,16-/m0/s1. The molecule has 0 bridgehead atoms. The SMILES string of the molecule is CC[C@H](C)[C@H](NC[C@@H](N)CS)C(=O)N[C@H](C(=O)N[C@H]1CCOC1=O)[C@@H](C)CC. The number of amides is 2. The van der Waals surface area contributed by atoms with Crippen LogP contribution in [0.1, 0.15) is 47.0 Å². The first-order chi connectivity index (χ1) is 13.2. The van der Waals surface area contributed by atoms with Crippen LogP contribution in [0.15, 0.2) is 0 Å². The molecule has 28 heavy (non-hydrogen) atoms. The van der Waals surface area contributed by atoms with Gasteiger partial charge in [0.1, 0.15) is 12.1 Å². The van der Waals surface area contributed by atoms with E-state index in [9.17, 15) is 14.4 Å². The summed E-state index contributed by atoms with van der Waals surface area (Å²) in [5, 5.41) is 8.81. The third kappa shape index (κ3) is 7.25. The Labute approximate surface area is 173 Å². The lowest BCUT2D eigenvalue weighted by Gasteiger charge is -2.29. The van der Waals surface area contributed by atoms with Crippen molar-refractivity contribution >= 4 is 30.4 Å². The third-order valence-corrected chi connectivity index (χ3v) is 5.84. The number of hydrogen-bond donors (Lipinski definition) is 5. The predicted molar refractivity (Wildman–Crippen MR) is 112 cm³/mol. The lowest BCUT2D eigenvalue weighted by Crippen LogP contribution is -2.58. The quantitative estimate of drug-likeness (QED) is 0.229. The number of hydrogen-bond acceptors (Lipinski definition) is 7. The monoisotopic (exact) mass is 416 g/mol. The molecule has 0 saturated carbocycles. The van der Waals surface area contributed by atoms with E-state index in [1.54, 1.807) is 0 Å². The molecule has 1 aliphatic rings. The van der Waals surface area contributed by atoms with Gasteiger partial charge in [-0.25, -0.2) is 4.79 Å². The van der Waals surface area contributed by atoms with Gasteiger partial charge in [-0.2, -0.15) is 12.6 Å². The molecular weight excluding hydrogens is 380 g/mol. The first-order valence-electron chi connectivity index (χ1n) is 10.1. The van der Waals surface area contributed by atoms with Crippen LogP contribution in [0.3, 0.4) is 0 Å². The molecule has 0 aromatic rings. The second kappa shape index (κ2) is 12.3. The van der Waals surface area contributed by atoms with Gasteiger partial charge in [-0.05, 0) is 11.8 Å². The largest absolute Gasteiger partial charge is 0.464 e. The number of cyclic esters (lactones) is 1. The summed E-state index contributed by atoms with van der Waals surface area (Å²) in [6, 6.07) is -2.00. The van der Waals surface area contributed by atoms with Crippen molar-refractivity contribution in [1.29, 1.82) is 0 Å². The summed E-state index contributed by atoms with van der Waals surface area (Å²) in [5.41, 5.74) is 5.91. The van der Waals surface area contributed by atoms with Gasteiger partial charge in [0, 0.05) is 24.8 Å². The van der Waals surface area contributed by atoms with E-state index in [1.807, 2.05) is 27.7 Å². The van der Waals surface area contributed by atoms with Crippen LogP contribution in [0.25, 0.3) is 0 Å². The van der Waals surface area contributed by atoms with Crippen LogP contribution in [0, 0.1) is 11.8 Å². The van der Waals surface area contributed by atoms with Gasteiger partial charge in [0.25, 0.3) is 0 Å². The summed E-state index contributed by atoms with van der Waals surface area (Å²) in [4.78, 5) is 37.4. The summed E-state index contributed by atoms with van der Waals surface area (Å²) in [7, 11) is 0. The number of nitrogens with two attached hydrogens (primary N) is 1. The van der Waals surface area contributed by atoms with Gasteiger partial charge < -0.3 is 26.4 Å². The summed E-state index contributed by atoms with van der Waals surface area (Å²) in [6.07, 6.45) is 1.96. The van der Waals surface area contributed by atoms with E-state index in [0.29, 0.717) is 31.7 Å². The highest BCUT2D eigenvalue weighted by Crippen LogP contribution is 2.13. The number of carbonyl (C=O) groups is 3. The molecule has 0 spiro atoms. The fourth-order valence-corrected chi connectivity index (χ4v) is 3.09. The van der Waals surface area contributed by atoms with Crippen molar-refractivity contribution in [2.45, 2.75) is 71.1 Å². The first-order valence-corrected chi connectivity index (χ1v) is 10.7. The molecule has 6 atom stereocenters. The highest BCUT2D eigenvalue weighted by Gasteiger charge is 2.34. The highest BCUT2D eigenvalue weighted by atomic mass is 32.1. The van der Waals surface area contributed by atoms with Crippen LogP contribution in [-0.2, 0) is 19.1 Å². The lowest BCUT2D eigenvalue weighted by molar-refractivity contribution is -0.142. The maximum Gasteiger partial charge on any atom is 0.328 e. The molecule has 1 heterocycles. The van der Waals surface area contributed by atoms with Gasteiger partial charge in [-0.15, -0.1) is 0 Å². The van der Waals surface area contributed by atoms with Gasteiger partial charge in [0.2, 0.25) is 11.8 Å². The lowest BCUT2D eigenvalue weighted by atomic mass is 9.94. The Kier molecular flexibility index (Phi) is 10.8. The molecule has 1 aliphatic heterocycles. The molecule has 0 aromatic heterocycles. The molecular formula is C19H36N4O4S. The Hall–Kier alpha value is -1.32. The molecule has 5 N–H and O–H groups in total. The summed E-state index contributed by atoms with van der Waals surface area (Å²) in [6.45, 7) is 8.61. The topological polar surface area (TPSA) is 123 Å². The molecule has 0 radical (unpaired) electrons. The van der Waals surface area contributed by atoms with Gasteiger partial charge in [-0.1, -0.05) is 40.5 Å². The van der Waals surface area contributed by atoms with E-state index in [4.69, 9.17) is 10.5 Å². The Balaban J connectivity index is 2.84. The van der Waals surface area contributed by atoms with Crippen molar-refractivity contribution in [2.75, 3.05) is 18.9 Å². The minimum absolute atomic E-state index is 0.0672. The normalized spacial score (nSPS) is 21.9. The number of carbonyl (C=O) groups excluding carboxylic acids is 3. The van der Waals surface area contributed by atoms with Crippen LogP contribution in [0.2, 0.25) is 0 Å². The molecule has 1 saturated heterocycles. The molecule has 8 nitrogen and oxygen atoms in total. The molecule has 9 heteroatoms. The zero-order valence-electron chi connectivity index (χ0n) is 17.4. The Bertz CT molecular complexity index is 534. The summed E-state index contributed by atoms with van der Waals surface area (Å²) < 4.78 is 4.89. The Morgan fingerprint density at radius 3 is 2.29 bits per heavy atom. The average Bonchev–Trinajstić information content (AvgIpc) is 3.09. The van der Waals surface area contributed by atoms with Gasteiger partial charge in [0.15, 0.2) is 0 Å². The van der Waals surface area contributed by atoms with Crippen LogP contribution in [0.4, 0.5) is 0 Å². The van der Waals surface area contributed by atoms with Crippen molar-refractivity contribution in [3.05, 3.63) is 0 Å². The molecule has 1 fully saturated rings. The fourth-order valence-electron chi connectivity index (χ4n) is 2.96. The minimum Gasteiger partial charge on any atom is -0.464 e. The van der Waals surface area contributed by atoms with Crippen LogP contribution < -0.4 is 21.7 Å².